The van der Waals surface area contributed by atoms with E-state index < -0.39 is 0 Å². The van der Waals surface area contributed by atoms with Crippen molar-refractivity contribution in [3.63, 3.8) is 0 Å². The maximum Gasteiger partial charge on any atom is 0.115 e. The average Bonchev–Trinajstić information content (AvgIpc) is 2.74. The summed E-state index contributed by atoms with van der Waals surface area (Å²) in [5, 5.41) is 17.4. The lowest BCUT2D eigenvalue weighted by atomic mass is 10.2. The second-order valence-electron chi connectivity index (χ2n) is 3.79. The molecule has 0 bridgehead atoms. The van der Waals surface area contributed by atoms with Crippen molar-refractivity contribution < 1.29 is 5.11 Å². The van der Waals surface area contributed by atoms with E-state index in [2.05, 4.69) is 17.2 Å². The van der Waals surface area contributed by atoms with Gasteiger partial charge in [-0.3, -0.25) is 0 Å². The molecule has 0 saturated carbocycles. The van der Waals surface area contributed by atoms with E-state index in [4.69, 9.17) is 11.6 Å². The van der Waals surface area contributed by atoms with Crippen LogP contribution in [0, 0.1) is 0 Å². The number of nitrogens with zero attached hydrogens (tertiary/aromatic N) is 3. The molecular weight excluding hydrogens is 238 g/mol. The van der Waals surface area contributed by atoms with Crippen molar-refractivity contribution in [3.05, 3.63) is 41.2 Å². The molecule has 0 unspecified atom stereocenters. The summed E-state index contributed by atoms with van der Waals surface area (Å²) in [7, 11) is 0. The van der Waals surface area contributed by atoms with E-state index in [1.165, 1.54) is 0 Å². The molecule has 0 aliphatic heterocycles. The van der Waals surface area contributed by atoms with Gasteiger partial charge in [-0.25, -0.2) is 4.68 Å². The molecule has 0 fully saturated rings. The maximum atomic E-state index is 9.21. The van der Waals surface area contributed by atoms with Crippen LogP contribution in [0.5, 0.6) is 5.75 Å². The number of rotatable bonds is 4. The third-order valence-electron chi connectivity index (χ3n) is 2.65. The van der Waals surface area contributed by atoms with E-state index in [0.29, 0.717) is 12.4 Å². The highest BCUT2D eigenvalue weighted by atomic mass is 35.5. The number of hydrogen-bond acceptors (Lipinski definition) is 3. The van der Waals surface area contributed by atoms with Crippen LogP contribution in [-0.2, 0) is 18.8 Å². The quantitative estimate of drug-likeness (QED) is 0.849. The number of phenols is 1. The lowest BCUT2D eigenvalue weighted by molar-refractivity contribution is 0.475. The first-order valence-electron chi connectivity index (χ1n) is 5.49. The molecule has 1 N–H and O–H groups in total. The molecule has 2 rings (SSSR count). The van der Waals surface area contributed by atoms with Crippen LogP contribution in [0.4, 0.5) is 0 Å². The lowest BCUT2D eigenvalue weighted by Gasteiger charge is -2.05. The summed E-state index contributed by atoms with van der Waals surface area (Å²) in [5.74, 6) is 0.656. The third kappa shape index (κ3) is 2.58. The minimum absolute atomic E-state index is 0.268. The Hall–Kier alpha value is -1.55. The number of halogens is 1. The van der Waals surface area contributed by atoms with Gasteiger partial charge in [0, 0.05) is 0 Å². The molecule has 0 spiro atoms. The highest BCUT2D eigenvalue weighted by Gasteiger charge is 2.10. The van der Waals surface area contributed by atoms with Crippen LogP contribution in [0.25, 0.3) is 0 Å². The van der Waals surface area contributed by atoms with Gasteiger partial charge in [-0.05, 0) is 24.1 Å². The van der Waals surface area contributed by atoms with Crippen molar-refractivity contribution in [2.75, 3.05) is 0 Å². The Labute approximate surface area is 105 Å². The number of phenolic OH excluding ortho intramolecular Hbond substituents is 1. The molecule has 5 heteroatoms. The summed E-state index contributed by atoms with van der Waals surface area (Å²) >= 11 is 5.80. The van der Waals surface area contributed by atoms with Gasteiger partial charge >= 0.3 is 0 Å². The van der Waals surface area contributed by atoms with Gasteiger partial charge in [0.15, 0.2) is 0 Å². The fourth-order valence-electron chi connectivity index (χ4n) is 1.76. The lowest BCUT2D eigenvalue weighted by Crippen LogP contribution is -2.06. The largest absolute Gasteiger partial charge is 0.508 e. The predicted molar refractivity (Wildman–Crippen MR) is 66.2 cm³/mol. The van der Waals surface area contributed by atoms with Crippen molar-refractivity contribution in [2.45, 2.75) is 25.8 Å². The Bertz CT molecular complexity index is 493. The van der Waals surface area contributed by atoms with Gasteiger partial charge in [0.1, 0.15) is 11.4 Å². The van der Waals surface area contributed by atoms with Crippen molar-refractivity contribution in [1.29, 1.82) is 0 Å². The van der Waals surface area contributed by atoms with Gasteiger partial charge < -0.3 is 5.11 Å². The monoisotopic (exact) mass is 251 g/mol. The Morgan fingerprint density at radius 3 is 2.59 bits per heavy atom. The highest BCUT2D eigenvalue weighted by Crippen LogP contribution is 2.14. The molecular formula is C12H14ClN3O. The first-order valence-corrected chi connectivity index (χ1v) is 6.03. The molecule has 1 heterocycles. The topological polar surface area (TPSA) is 50.9 Å². The van der Waals surface area contributed by atoms with Crippen molar-refractivity contribution in [1.82, 2.24) is 15.0 Å². The standard InChI is InChI=1S/C12H14ClN3O/c1-2-12-11(7-13)14-15-16(12)8-9-3-5-10(17)6-4-9/h3-6,17H,2,7-8H2,1H3. The number of aromatic hydroxyl groups is 1. The summed E-state index contributed by atoms with van der Waals surface area (Å²) in [6, 6.07) is 7.08. The second kappa shape index (κ2) is 5.19. The molecule has 0 aliphatic rings. The van der Waals surface area contributed by atoms with Crippen LogP contribution in [0.1, 0.15) is 23.9 Å². The van der Waals surface area contributed by atoms with E-state index >= 15 is 0 Å². The van der Waals surface area contributed by atoms with E-state index in [0.717, 1.165) is 23.4 Å². The molecule has 90 valence electrons. The Kier molecular flexibility index (Phi) is 3.64. The van der Waals surface area contributed by atoms with E-state index in [1.807, 2.05) is 16.8 Å². The van der Waals surface area contributed by atoms with Gasteiger partial charge in [0.2, 0.25) is 0 Å². The summed E-state index contributed by atoms with van der Waals surface area (Å²) in [4.78, 5) is 0. The zero-order valence-corrected chi connectivity index (χ0v) is 10.4. The molecule has 0 amide bonds. The molecule has 1 aromatic heterocycles. The molecule has 2 aromatic rings. The predicted octanol–water partition coefficient (Wildman–Crippen LogP) is 2.33. The minimum Gasteiger partial charge on any atom is -0.508 e. The van der Waals surface area contributed by atoms with Crippen LogP contribution in [-0.4, -0.2) is 20.1 Å². The summed E-state index contributed by atoms with van der Waals surface area (Å²) in [6.07, 6.45) is 0.854. The van der Waals surface area contributed by atoms with Gasteiger partial charge in [-0.2, -0.15) is 0 Å². The van der Waals surface area contributed by atoms with Crippen LogP contribution in [0.15, 0.2) is 24.3 Å². The number of hydrogen-bond donors (Lipinski definition) is 1. The number of alkyl halides is 1. The van der Waals surface area contributed by atoms with Crippen molar-refractivity contribution in [3.8, 4) is 5.75 Å². The highest BCUT2D eigenvalue weighted by molar-refractivity contribution is 6.16. The van der Waals surface area contributed by atoms with Crippen LogP contribution in [0.3, 0.4) is 0 Å². The van der Waals surface area contributed by atoms with Gasteiger partial charge in [0.05, 0.1) is 18.1 Å². The number of aromatic nitrogens is 3. The molecule has 0 aliphatic carbocycles. The average molecular weight is 252 g/mol. The normalized spacial score (nSPS) is 10.7. The van der Waals surface area contributed by atoms with Crippen LogP contribution in [0.2, 0.25) is 0 Å². The SMILES string of the molecule is CCc1c(CCl)nnn1Cc1ccc(O)cc1. The van der Waals surface area contributed by atoms with Crippen molar-refractivity contribution >= 4 is 11.6 Å². The summed E-state index contributed by atoms with van der Waals surface area (Å²) < 4.78 is 1.85. The van der Waals surface area contributed by atoms with Gasteiger partial charge in [-0.1, -0.05) is 24.3 Å². The fourth-order valence-corrected chi connectivity index (χ4v) is 1.97. The zero-order valence-electron chi connectivity index (χ0n) is 9.60. The second-order valence-corrected chi connectivity index (χ2v) is 4.06. The number of benzene rings is 1. The van der Waals surface area contributed by atoms with E-state index in [9.17, 15) is 5.11 Å². The zero-order chi connectivity index (χ0) is 12.3. The Morgan fingerprint density at radius 2 is 2.00 bits per heavy atom. The molecule has 0 atom stereocenters. The molecule has 17 heavy (non-hydrogen) atoms. The maximum absolute atomic E-state index is 9.21. The van der Waals surface area contributed by atoms with Crippen LogP contribution < -0.4 is 0 Å². The van der Waals surface area contributed by atoms with Gasteiger partial charge in [-0.15, -0.1) is 16.7 Å². The van der Waals surface area contributed by atoms with E-state index in [-0.39, 0.29) is 5.75 Å². The third-order valence-corrected chi connectivity index (χ3v) is 2.90. The van der Waals surface area contributed by atoms with Crippen molar-refractivity contribution in [2.24, 2.45) is 0 Å². The molecule has 0 radical (unpaired) electrons. The minimum atomic E-state index is 0.268. The molecule has 0 saturated heterocycles. The van der Waals surface area contributed by atoms with E-state index in [1.54, 1.807) is 12.1 Å². The summed E-state index contributed by atoms with van der Waals surface area (Å²) in [5.41, 5.74) is 2.98. The first-order chi connectivity index (χ1) is 8.24. The molecule has 4 nitrogen and oxygen atoms in total. The Balaban J connectivity index is 2.23. The van der Waals surface area contributed by atoms with Gasteiger partial charge in [0.25, 0.3) is 0 Å². The Morgan fingerprint density at radius 1 is 1.29 bits per heavy atom. The smallest absolute Gasteiger partial charge is 0.115 e. The molecule has 1 aromatic carbocycles. The summed E-state index contributed by atoms with van der Waals surface area (Å²) in [6.45, 7) is 2.70. The fraction of sp³-hybridized carbons (Fsp3) is 0.333. The first kappa shape index (κ1) is 11.9. The van der Waals surface area contributed by atoms with Crippen LogP contribution >= 0.6 is 11.6 Å².